The molecule has 8 N–H and O–H groups in total. The Labute approximate surface area is 216 Å². The number of amides is 2. The van der Waals surface area contributed by atoms with Gasteiger partial charge in [-0.05, 0) is 30.7 Å². The second kappa shape index (κ2) is 12.0. The van der Waals surface area contributed by atoms with Gasteiger partial charge in [0.1, 0.15) is 0 Å². The van der Waals surface area contributed by atoms with E-state index in [-0.39, 0.29) is 19.5 Å². The molecule has 0 unspecified atom stereocenters. The fraction of sp³-hybridized carbons (Fsp3) is 0.130. The third-order valence-corrected chi connectivity index (χ3v) is 5.11. The zero-order valence-electron chi connectivity index (χ0n) is 19.4. The predicted molar refractivity (Wildman–Crippen MR) is 124 cm³/mol. The Morgan fingerprint density at radius 3 is 0.846 bits per heavy atom. The maximum atomic E-state index is 12.5. The first-order valence-electron chi connectivity index (χ1n) is 10.5. The highest BCUT2D eigenvalue weighted by atomic mass is 16.4. The molecular formula is C23H18N2O14. The summed E-state index contributed by atoms with van der Waals surface area (Å²) in [7, 11) is 0. The minimum absolute atomic E-state index is 0.0414. The third kappa shape index (κ3) is 6.70. The van der Waals surface area contributed by atoms with Crippen molar-refractivity contribution < 1.29 is 69.0 Å². The van der Waals surface area contributed by atoms with Crippen LogP contribution in [0.25, 0.3) is 0 Å². The minimum Gasteiger partial charge on any atom is -0.478 e. The van der Waals surface area contributed by atoms with E-state index in [0.717, 1.165) is 0 Å². The average Bonchev–Trinajstić information content (AvgIpc) is 2.85. The summed E-state index contributed by atoms with van der Waals surface area (Å²) in [6.07, 6.45) is -0.0414. The highest BCUT2D eigenvalue weighted by Gasteiger charge is 2.26. The van der Waals surface area contributed by atoms with E-state index in [1.807, 2.05) is 0 Å². The molecular weight excluding hydrogens is 528 g/mol. The Bertz CT molecular complexity index is 1340. The van der Waals surface area contributed by atoms with Gasteiger partial charge in [0, 0.05) is 13.1 Å². The van der Waals surface area contributed by atoms with Gasteiger partial charge < -0.3 is 41.3 Å². The van der Waals surface area contributed by atoms with Crippen molar-refractivity contribution in [3.05, 3.63) is 68.8 Å². The number of carboxylic acids is 6. The molecule has 0 bridgehead atoms. The Kier molecular flexibility index (Phi) is 9.02. The molecule has 0 saturated carbocycles. The van der Waals surface area contributed by atoms with Crippen LogP contribution in [0.3, 0.4) is 0 Å². The molecule has 0 radical (unpaired) electrons. The molecule has 0 aromatic heterocycles. The molecule has 0 spiro atoms. The number of aromatic carboxylic acids is 6. The number of rotatable bonds is 12. The summed E-state index contributed by atoms with van der Waals surface area (Å²) in [6.45, 7) is -0.462. The molecule has 0 aliphatic rings. The molecule has 204 valence electrons. The van der Waals surface area contributed by atoms with Crippen molar-refractivity contribution in [1.82, 2.24) is 10.6 Å². The van der Waals surface area contributed by atoms with Crippen LogP contribution in [0.1, 0.15) is 89.3 Å². The van der Waals surface area contributed by atoms with Gasteiger partial charge in [-0.3, -0.25) is 9.59 Å². The lowest BCUT2D eigenvalue weighted by Crippen LogP contribution is -2.32. The van der Waals surface area contributed by atoms with E-state index >= 15 is 0 Å². The number of carboxylic acid groups (broad SMARTS) is 6. The Morgan fingerprint density at radius 1 is 0.410 bits per heavy atom. The fourth-order valence-corrected chi connectivity index (χ4v) is 3.32. The normalized spacial score (nSPS) is 10.3. The number of hydrogen-bond acceptors (Lipinski definition) is 8. The number of hydrogen-bond donors (Lipinski definition) is 8. The lowest BCUT2D eigenvalue weighted by molar-refractivity contribution is 0.0647. The van der Waals surface area contributed by atoms with Crippen LogP contribution in [0.15, 0.2) is 24.3 Å². The van der Waals surface area contributed by atoms with Crippen molar-refractivity contribution in [1.29, 1.82) is 0 Å². The monoisotopic (exact) mass is 546 g/mol. The average molecular weight is 546 g/mol. The van der Waals surface area contributed by atoms with Gasteiger partial charge in [-0.2, -0.15) is 0 Å². The van der Waals surface area contributed by atoms with Crippen LogP contribution < -0.4 is 10.6 Å². The fourth-order valence-electron chi connectivity index (χ4n) is 3.32. The van der Waals surface area contributed by atoms with E-state index < -0.39 is 92.1 Å². The van der Waals surface area contributed by atoms with Crippen LogP contribution in [0.2, 0.25) is 0 Å². The molecule has 0 aliphatic heterocycles. The summed E-state index contributed by atoms with van der Waals surface area (Å²) in [5, 5.41) is 59.8. The second-order valence-corrected chi connectivity index (χ2v) is 7.58. The Morgan fingerprint density at radius 2 is 0.615 bits per heavy atom. The molecule has 0 saturated heterocycles. The van der Waals surface area contributed by atoms with E-state index in [1.54, 1.807) is 0 Å². The molecule has 0 aliphatic carbocycles. The first-order valence-corrected chi connectivity index (χ1v) is 10.5. The number of benzene rings is 2. The van der Waals surface area contributed by atoms with Crippen LogP contribution >= 0.6 is 0 Å². The maximum absolute atomic E-state index is 12.5. The van der Waals surface area contributed by atoms with Gasteiger partial charge >= 0.3 is 35.8 Å². The molecule has 2 amide bonds. The summed E-state index contributed by atoms with van der Waals surface area (Å²) >= 11 is 0. The van der Waals surface area contributed by atoms with Crippen molar-refractivity contribution in [2.24, 2.45) is 0 Å². The molecule has 0 atom stereocenters. The first kappa shape index (κ1) is 29.4. The van der Waals surface area contributed by atoms with Gasteiger partial charge in [-0.15, -0.1) is 0 Å². The number of nitrogens with one attached hydrogen (secondary N) is 2. The van der Waals surface area contributed by atoms with Gasteiger partial charge in [0.25, 0.3) is 11.8 Å². The summed E-state index contributed by atoms with van der Waals surface area (Å²) in [4.78, 5) is 93.2. The van der Waals surface area contributed by atoms with E-state index in [1.165, 1.54) is 0 Å². The number of carbonyl (C=O) groups excluding carboxylic acids is 2. The Hall–Kier alpha value is -5.80. The van der Waals surface area contributed by atoms with Crippen LogP contribution in [0.5, 0.6) is 0 Å². The summed E-state index contributed by atoms with van der Waals surface area (Å²) in [5.74, 6) is -12.4. The van der Waals surface area contributed by atoms with Crippen molar-refractivity contribution >= 4 is 47.6 Å². The lowest BCUT2D eigenvalue weighted by Gasteiger charge is -2.12. The van der Waals surface area contributed by atoms with Gasteiger partial charge in [-0.1, -0.05) is 0 Å². The molecule has 16 nitrogen and oxygen atoms in total. The van der Waals surface area contributed by atoms with Crippen molar-refractivity contribution in [3.8, 4) is 0 Å². The molecule has 2 aromatic rings. The molecule has 0 heterocycles. The van der Waals surface area contributed by atoms with Gasteiger partial charge in [0.05, 0.1) is 44.5 Å². The lowest BCUT2D eigenvalue weighted by atomic mass is 9.97. The zero-order chi connectivity index (χ0) is 29.6. The van der Waals surface area contributed by atoms with E-state index in [9.17, 15) is 58.8 Å². The largest absolute Gasteiger partial charge is 0.478 e. The van der Waals surface area contributed by atoms with E-state index in [2.05, 4.69) is 10.6 Å². The van der Waals surface area contributed by atoms with Gasteiger partial charge in [-0.25, -0.2) is 28.8 Å². The molecule has 2 rings (SSSR count). The van der Waals surface area contributed by atoms with Crippen molar-refractivity contribution in [3.63, 3.8) is 0 Å². The Balaban J connectivity index is 2.15. The second-order valence-electron chi connectivity index (χ2n) is 7.58. The predicted octanol–water partition coefficient (Wildman–Crippen LogP) is 0.426. The SMILES string of the molecule is O=C(O)c1cc(C(=O)O)c(C(=O)NCCCNC(=O)c2cc(C(=O)O)c(C(=O)O)cc2C(=O)O)cc1C(=O)O. The molecule has 16 heteroatoms. The van der Waals surface area contributed by atoms with Gasteiger partial charge in [0.2, 0.25) is 0 Å². The van der Waals surface area contributed by atoms with E-state index in [4.69, 9.17) is 10.2 Å². The quantitative estimate of drug-likeness (QED) is 0.168. The topological polar surface area (TPSA) is 282 Å². The third-order valence-electron chi connectivity index (χ3n) is 5.11. The van der Waals surface area contributed by atoms with Crippen LogP contribution in [-0.2, 0) is 0 Å². The summed E-state index contributed by atoms with van der Waals surface area (Å²) in [6, 6.07) is 2.26. The van der Waals surface area contributed by atoms with Crippen molar-refractivity contribution in [2.45, 2.75) is 6.42 Å². The number of carbonyl (C=O) groups is 8. The minimum atomic E-state index is -1.73. The van der Waals surface area contributed by atoms with Crippen molar-refractivity contribution in [2.75, 3.05) is 13.1 Å². The van der Waals surface area contributed by atoms with Crippen LogP contribution in [0.4, 0.5) is 0 Å². The smallest absolute Gasteiger partial charge is 0.336 e. The van der Waals surface area contributed by atoms with E-state index in [0.29, 0.717) is 24.3 Å². The highest BCUT2D eigenvalue weighted by Crippen LogP contribution is 2.20. The summed E-state index contributed by atoms with van der Waals surface area (Å²) in [5.41, 5.74) is -6.17. The van der Waals surface area contributed by atoms with Gasteiger partial charge in [0.15, 0.2) is 0 Å². The highest BCUT2D eigenvalue weighted by molar-refractivity contribution is 6.11. The maximum Gasteiger partial charge on any atom is 0.336 e. The van der Waals surface area contributed by atoms with Crippen LogP contribution in [0, 0.1) is 0 Å². The molecule has 2 aromatic carbocycles. The van der Waals surface area contributed by atoms with Crippen LogP contribution in [-0.4, -0.2) is 91.4 Å². The zero-order valence-corrected chi connectivity index (χ0v) is 19.4. The standard InChI is InChI=1S/C23H18N2O14/c26-16(8-4-12(20(32)33)14(22(36)37)6-10(8)18(28)29)24-2-1-3-25-17(27)9-5-13(21(34)35)15(23(38)39)7-11(9)19(30)31/h4-7H,1-3H2,(H,24,26)(H,25,27)(H,28,29)(H,30,31)(H,32,33)(H,34,35)(H,36,37)(H,38,39). The molecule has 39 heavy (non-hydrogen) atoms. The molecule has 0 fully saturated rings. The summed E-state index contributed by atoms with van der Waals surface area (Å²) < 4.78 is 0. The first-order chi connectivity index (χ1) is 18.2.